The summed E-state index contributed by atoms with van der Waals surface area (Å²) in [5, 5.41) is 0. The lowest BCUT2D eigenvalue weighted by Crippen LogP contribution is -2.36. The summed E-state index contributed by atoms with van der Waals surface area (Å²) in [4.78, 5) is 15.9. The van der Waals surface area contributed by atoms with E-state index in [1.165, 1.54) is 31.3 Å². The van der Waals surface area contributed by atoms with Gasteiger partial charge in [-0.3, -0.25) is 4.79 Å². The van der Waals surface area contributed by atoms with Gasteiger partial charge in [-0.1, -0.05) is 0 Å². The van der Waals surface area contributed by atoms with Crippen LogP contribution in [0.1, 0.15) is 30.1 Å². The third kappa shape index (κ3) is 2.34. The van der Waals surface area contributed by atoms with Gasteiger partial charge in [-0.15, -0.1) is 0 Å². The third-order valence-electron chi connectivity index (χ3n) is 3.31. The number of rotatable bonds is 3. The van der Waals surface area contributed by atoms with E-state index in [2.05, 4.69) is 14.3 Å². The van der Waals surface area contributed by atoms with Crippen LogP contribution in [0.2, 0.25) is 0 Å². The van der Waals surface area contributed by atoms with Crippen LogP contribution in [-0.2, 0) is 28.9 Å². The molecule has 1 atom stereocenters. The van der Waals surface area contributed by atoms with Crippen molar-refractivity contribution < 1.29 is 9.53 Å². The molecule has 0 saturated heterocycles. The molecule has 0 radical (unpaired) electrons. The van der Waals surface area contributed by atoms with Crippen molar-refractivity contribution in [2.24, 2.45) is 5.73 Å². The molecule has 0 amide bonds. The monoisotopic (exact) mass is 237 g/mol. The fourth-order valence-electron chi connectivity index (χ4n) is 2.40. The average Bonchev–Trinajstić information content (AvgIpc) is 2.65. The molecule has 5 heteroatoms. The fraction of sp³-hybridized carbons (Fsp3) is 0.667. The highest BCUT2D eigenvalue weighted by atomic mass is 16.5. The van der Waals surface area contributed by atoms with Crippen molar-refractivity contribution in [2.45, 2.75) is 45.2 Å². The summed E-state index contributed by atoms with van der Waals surface area (Å²) in [6, 6.07) is -0.612. The Morgan fingerprint density at radius 1 is 1.53 bits per heavy atom. The quantitative estimate of drug-likeness (QED) is 0.780. The van der Waals surface area contributed by atoms with E-state index < -0.39 is 6.04 Å². The molecule has 0 fully saturated rings. The third-order valence-corrected chi connectivity index (χ3v) is 3.31. The summed E-state index contributed by atoms with van der Waals surface area (Å²) in [6.07, 6.45) is 4.46. The zero-order chi connectivity index (χ0) is 12.4. The highest BCUT2D eigenvalue weighted by Crippen LogP contribution is 2.22. The Labute approximate surface area is 101 Å². The predicted octanol–water partition coefficient (Wildman–Crippen LogP) is 0.571. The molecule has 0 aliphatic heterocycles. The van der Waals surface area contributed by atoms with Crippen LogP contribution in [0.25, 0.3) is 0 Å². The lowest BCUT2D eigenvalue weighted by Gasteiger charge is -2.17. The van der Waals surface area contributed by atoms with Crippen molar-refractivity contribution >= 4 is 5.97 Å². The minimum atomic E-state index is -0.612. The van der Waals surface area contributed by atoms with Crippen molar-refractivity contribution in [1.29, 1.82) is 0 Å². The summed E-state index contributed by atoms with van der Waals surface area (Å²) >= 11 is 0. The maximum Gasteiger partial charge on any atom is 0.324 e. The lowest BCUT2D eigenvalue weighted by molar-refractivity contribution is -0.142. The number of hydrogen-bond acceptors (Lipinski definition) is 4. The Kier molecular flexibility index (Phi) is 3.47. The Morgan fingerprint density at radius 3 is 2.94 bits per heavy atom. The number of nitrogens with zero attached hydrogens (tertiary/aromatic N) is 2. The SMILES string of the molecule is COC(=O)C(N)Cn1c(C)nc2c1CCCC2. The van der Waals surface area contributed by atoms with Gasteiger partial charge < -0.3 is 15.0 Å². The summed E-state index contributed by atoms with van der Waals surface area (Å²) < 4.78 is 6.71. The van der Waals surface area contributed by atoms with Crippen LogP contribution in [0.15, 0.2) is 0 Å². The molecule has 1 aromatic rings. The molecule has 1 aliphatic carbocycles. The van der Waals surface area contributed by atoms with Crippen molar-refractivity contribution in [3.8, 4) is 0 Å². The van der Waals surface area contributed by atoms with Gasteiger partial charge in [-0.2, -0.15) is 0 Å². The summed E-state index contributed by atoms with van der Waals surface area (Å²) in [6.45, 7) is 2.42. The van der Waals surface area contributed by atoms with Crippen molar-refractivity contribution in [3.63, 3.8) is 0 Å². The van der Waals surface area contributed by atoms with Gasteiger partial charge >= 0.3 is 5.97 Å². The number of esters is 1. The minimum Gasteiger partial charge on any atom is -0.468 e. The number of fused-ring (bicyclic) bond motifs is 1. The number of aryl methyl sites for hydroxylation is 2. The van der Waals surface area contributed by atoms with E-state index in [1.54, 1.807) is 0 Å². The Balaban J connectivity index is 2.20. The van der Waals surface area contributed by atoms with Gasteiger partial charge in [0.15, 0.2) is 0 Å². The molecule has 0 saturated carbocycles. The second kappa shape index (κ2) is 4.87. The molecule has 0 aromatic carbocycles. The van der Waals surface area contributed by atoms with Crippen molar-refractivity contribution in [2.75, 3.05) is 7.11 Å². The van der Waals surface area contributed by atoms with Gasteiger partial charge in [0.2, 0.25) is 0 Å². The second-order valence-corrected chi connectivity index (χ2v) is 4.50. The molecule has 0 bridgehead atoms. The van der Waals surface area contributed by atoms with Gasteiger partial charge in [-0.05, 0) is 32.6 Å². The topological polar surface area (TPSA) is 70.1 Å². The van der Waals surface area contributed by atoms with Gasteiger partial charge in [0.05, 0.1) is 12.8 Å². The number of ether oxygens (including phenoxy) is 1. The Hall–Kier alpha value is -1.36. The van der Waals surface area contributed by atoms with Crippen LogP contribution in [-0.4, -0.2) is 28.7 Å². The average molecular weight is 237 g/mol. The highest BCUT2D eigenvalue weighted by molar-refractivity contribution is 5.75. The first-order valence-electron chi connectivity index (χ1n) is 6.01. The Morgan fingerprint density at radius 2 is 2.24 bits per heavy atom. The molecular weight excluding hydrogens is 218 g/mol. The summed E-state index contributed by atoms with van der Waals surface area (Å²) in [7, 11) is 1.36. The molecular formula is C12H19N3O2. The van der Waals surface area contributed by atoms with Crippen molar-refractivity contribution in [1.82, 2.24) is 9.55 Å². The van der Waals surface area contributed by atoms with Crippen LogP contribution in [0.5, 0.6) is 0 Å². The second-order valence-electron chi connectivity index (χ2n) is 4.50. The maximum absolute atomic E-state index is 11.3. The normalized spacial score (nSPS) is 16.4. The number of imidazole rings is 1. The molecule has 2 rings (SSSR count). The molecule has 1 heterocycles. The minimum absolute atomic E-state index is 0.373. The number of carbonyl (C=O) groups is 1. The molecule has 0 spiro atoms. The standard InChI is InChI=1S/C12H19N3O2/c1-8-14-10-5-3-4-6-11(10)15(8)7-9(13)12(16)17-2/h9H,3-7,13H2,1-2H3. The number of methoxy groups -OCH3 is 1. The highest BCUT2D eigenvalue weighted by Gasteiger charge is 2.21. The van der Waals surface area contributed by atoms with Crippen LogP contribution >= 0.6 is 0 Å². The Bertz CT molecular complexity index is 426. The summed E-state index contributed by atoms with van der Waals surface area (Å²) in [5.74, 6) is 0.568. The number of aromatic nitrogens is 2. The molecule has 2 N–H and O–H groups in total. The van der Waals surface area contributed by atoms with E-state index in [4.69, 9.17) is 5.73 Å². The first-order chi connectivity index (χ1) is 8.13. The van der Waals surface area contributed by atoms with Crippen molar-refractivity contribution in [3.05, 3.63) is 17.2 Å². The van der Waals surface area contributed by atoms with Crippen LogP contribution in [0.3, 0.4) is 0 Å². The van der Waals surface area contributed by atoms with Crippen LogP contribution < -0.4 is 5.73 Å². The zero-order valence-corrected chi connectivity index (χ0v) is 10.4. The number of nitrogens with two attached hydrogens (primary N) is 1. The zero-order valence-electron chi connectivity index (χ0n) is 10.4. The van der Waals surface area contributed by atoms with Crippen LogP contribution in [0, 0.1) is 6.92 Å². The van der Waals surface area contributed by atoms with Gasteiger partial charge in [0.25, 0.3) is 0 Å². The number of carbonyl (C=O) groups excluding carboxylic acids is 1. The predicted molar refractivity (Wildman–Crippen MR) is 63.6 cm³/mol. The molecule has 1 unspecified atom stereocenters. The van der Waals surface area contributed by atoms with Crippen LogP contribution in [0.4, 0.5) is 0 Å². The maximum atomic E-state index is 11.3. The van der Waals surface area contributed by atoms with Gasteiger partial charge in [0.1, 0.15) is 11.9 Å². The van der Waals surface area contributed by atoms with E-state index in [0.717, 1.165) is 18.7 Å². The molecule has 1 aromatic heterocycles. The first kappa shape index (κ1) is 12.1. The lowest BCUT2D eigenvalue weighted by atomic mass is 10.0. The first-order valence-corrected chi connectivity index (χ1v) is 6.01. The van der Waals surface area contributed by atoms with E-state index in [-0.39, 0.29) is 5.97 Å². The molecule has 1 aliphatic rings. The molecule has 94 valence electrons. The van der Waals surface area contributed by atoms with E-state index >= 15 is 0 Å². The summed E-state index contributed by atoms with van der Waals surface area (Å²) in [5.41, 5.74) is 8.21. The van der Waals surface area contributed by atoms with Gasteiger partial charge in [0, 0.05) is 12.2 Å². The van der Waals surface area contributed by atoms with E-state index in [9.17, 15) is 4.79 Å². The van der Waals surface area contributed by atoms with E-state index in [1.807, 2.05) is 6.92 Å². The largest absolute Gasteiger partial charge is 0.468 e. The van der Waals surface area contributed by atoms with Gasteiger partial charge in [-0.25, -0.2) is 4.98 Å². The fourth-order valence-corrected chi connectivity index (χ4v) is 2.40. The molecule has 5 nitrogen and oxygen atoms in total. The number of hydrogen-bond donors (Lipinski definition) is 1. The smallest absolute Gasteiger partial charge is 0.324 e. The van der Waals surface area contributed by atoms with E-state index in [0.29, 0.717) is 6.54 Å². The molecule has 17 heavy (non-hydrogen) atoms.